The van der Waals surface area contributed by atoms with Crippen LogP contribution in [-0.4, -0.2) is 5.78 Å². The van der Waals surface area contributed by atoms with Gasteiger partial charge in [-0.25, -0.2) is 0 Å². The summed E-state index contributed by atoms with van der Waals surface area (Å²) in [6.07, 6.45) is 2.97. The Morgan fingerprint density at radius 3 is 2.25 bits per heavy atom. The Balaban J connectivity index is 2.72. The van der Waals surface area contributed by atoms with Crippen LogP contribution in [0, 0.1) is 19.8 Å². The summed E-state index contributed by atoms with van der Waals surface area (Å²) in [5.74, 6) is 0.783. The van der Waals surface area contributed by atoms with Gasteiger partial charge in [0.15, 0.2) is 5.78 Å². The normalized spacial score (nSPS) is 12.5. The molecule has 1 nitrogen and oxygen atoms in total. The van der Waals surface area contributed by atoms with Gasteiger partial charge in [-0.05, 0) is 31.9 Å². The third-order valence-electron chi connectivity index (χ3n) is 2.86. The van der Waals surface area contributed by atoms with Gasteiger partial charge in [-0.15, -0.1) is 0 Å². The van der Waals surface area contributed by atoms with Crippen molar-refractivity contribution in [1.29, 1.82) is 0 Å². The third-order valence-corrected chi connectivity index (χ3v) is 2.86. The van der Waals surface area contributed by atoms with Gasteiger partial charge in [0.05, 0.1) is 0 Å². The average molecular weight is 218 g/mol. The highest BCUT2D eigenvalue weighted by atomic mass is 16.1. The highest BCUT2D eigenvalue weighted by molar-refractivity contribution is 5.96. The molecular weight excluding hydrogens is 196 g/mol. The van der Waals surface area contributed by atoms with Gasteiger partial charge >= 0.3 is 0 Å². The van der Waals surface area contributed by atoms with Crippen LogP contribution in [0.2, 0.25) is 0 Å². The molecule has 0 N–H and O–H groups in total. The Hall–Kier alpha value is -1.11. The van der Waals surface area contributed by atoms with Crippen molar-refractivity contribution in [1.82, 2.24) is 0 Å². The molecule has 0 heterocycles. The predicted octanol–water partition coefficient (Wildman–Crippen LogP) is 4.31. The molecule has 0 saturated carbocycles. The van der Waals surface area contributed by atoms with Gasteiger partial charge < -0.3 is 0 Å². The van der Waals surface area contributed by atoms with E-state index in [0.29, 0.717) is 12.3 Å². The van der Waals surface area contributed by atoms with Crippen molar-refractivity contribution in [2.45, 2.75) is 47.0 Å². The second kappa shape index (κ2) is 5.83. The predicted molar refractivity (Wildman–Crippen MR) is 68.9 cm³/mol. The molecule has 0 spiro atoms. The monoisotopic (exact) mass is 218 g/mol. The minimum Gasteiger partial charge on any atom is -0.294 e. The van der Waals surface area contributed by atoms with Crippen LogP contribution in [0.5, 0.6) is 0 Å². The third kappa shape index (κ3) is 3.80. The summed E-state index contributed by atoms with van der Waals surface area (Å²) in [5, 5.41) is 0. The number of hydrogen-bond donors (Lipinski definition) is 0. The van der Waals surface area contributed by atoms with Gasteiger partial charge in [-0.3, -0.25) is 4.79 Å². The quantitative estimate of drug-likeness (QED) is 0.673. The van der Waals surface area contributed by atoms with Crippen LogP contribution in [0.25, 0.3) is 0 Å². The molecule has 0 aliphatic carbocycles. The summed E-state index contributed by atoms with van der Waals surface area (Å²) in [6, 6.07) is 6.09. The maximum absolute atomic E-state index is 12.0. The van der Waals surface area contributed by atoms with Crippen LogP contribution in [-0.2, 0) is 0 Å². The van der Waals surface area contributed by atoms with Gasteiger partial charge in [0.25, 0.3) is 0 Å². The van der Waals surface area contributed by atoms with Crippen LogP contribution in [0.1, 0.15) is 54.6 Å². The van der Waals surface area contributed by atoms with E-state index in [1.165, 1.54) is 11.1 Å². The van der Waals surface area contributed by atoms with Crippen LogP contribution < -0.4 is 0 Å². The van der Waals surface area contributed by atoms with Crippen molar-refractivity contribution in [3.63, 3.8) is 0 Å². The van der Waals surface area contributed by atoms with E-state index in [0.717, 1.165) is 18.4 Å². The minimum absolute atomic E-state index is 0.285. The Morgan fingerprint density at radius 1 is 1.19 bits per heavy atom. The fraction of sp³-hybridized carbons (Fsp3) is 0.533. The molecule has 1 heteroatoms. The van der Waals surface area contributed by atoms with E-state index in [-0.39, 0.29) is 5.78 Å². The molecule has 1 atom stereocenters. The summed E-state index contributed by atoms with van der Waals surface area (Å²) in [6.45, 7) is 8.40. The van der Waals surface area contributed by atoms with E-state index in [4.69, 9.17) is 0 Å². The second-order valence-electron chi connectivity index (χ2n) is 4.90. The van der Waals surface area contributed by atoms with Crippen molar-refractivity contribution < 1.29 is 4.79 Å². The number of carbonyl (C=O) groups excluding carboxylic acids is 1. The summed E-state index contributed by atoms with van der Waals surface area (Å²) in [7, 11) is 0. The second-order valence-corrected chi connectivity index (χ2v) is 4.90. The molecule has 1 rings (SSSR count). The first kappa shape index (κ1) is 13.0. The molecule has 0 saturated heterocycles. The van der Waals surface area contributed by atoms with Gasteiger partial charge in [-0.1, -0.05) is 43.9 Å². The van der Waals surface area contributed by atoms with Gasteiger partial charge in [0, 0.05) is 12.0 Å². The molecule has 0 aromatic heterocycles. The van der Waals surface area contributed by atoms with E-state index in [9.17, 15) is 4.79 Å². The molecule has 0 bridgehead atoms. The average Bonchev–Trinajstić information content (AvgIpc) is 2.16. The molecule has 1 unspecified atom stereocenters. The zero-order valence-electron chi connectivity index (χ0n) is 10.8. The zero-order chi connectivity index (χ0) is 12.1. The van der Waals surface area contributed by atoms with Crippen molar-refractivity contribution in [2.24, 2.45) is 5.92 Å². The number of ketones is 1. The van der Waals surface area contributed by atoms with Crippen LogP contribution in [0.15, 0.2) is 18.2 Å². The molecule has 88 valence electrons. The topological polar surface area (TPSA) is 17.1 Å². The maximum atomic E-state index is 12.0. The number of carbonyl (C=O) groups is 1. The fourth-order valence-corrected chi connectivity index (χ4v) is 2.16. The Kier molecular flexibility index (Phi) is 4.72. The van der Waals surface area contributed by atoms with Crippen molar-refractivity contribution in [3.05, 3.63) is 34.9 Å². The highest BCUT2D eigenvalue weighted by Crippen LogP contribution is 2.16. The number of rotatable bonds is 5. The molecule has 0 radical (unpaired) electrons. The van der Waals surface area contributed by atoms with Crippen molar-refractivity contribution in [2.75, 3.05) is 0 Å². The lowest BCUT2D eigenvalue weighted by Crippen LogP contribution is -2.06. The standard InChI is InChI=1S/C15H22O/c1-5-6-11(2)10-15(16)14-8-12(3)7-13(4)9-14/h7-9,11H,5-6,10H2,1-4H3. The van der Waals surface area contributed by atoms with Crippen molar-refractivity contribution >= 4 is 5.78 Å². The van der Waals surface area contributed by atoms with Gasteiger partial charge in [0.1, 0.15) is 0 Å². The first-order chi connectivity index (χ1) is 7.52. The lowest BCUT2D eigenvalue weighted by molar-refractivity contribution is 0.0962. The lowest BCUT2D eigenvalue weighted by Gasteiger charge is -2.09. The molecule has 1 aromatic rings. The molecule has 1 aromatic carbocycles. The molecule has 0 aliphatic rings. The van der Waals surface area contributed by atoms with E-state index < -0.39 is 0 Å². The zero-order valence-corrected chi connectivity index (χ0v) is 10.8. The van der Waals surface area contributed by atoms with Crippen LogP contribution in [0.3, 0.4) is 0 Å². The number of aryl methyl sites for hydroxylation is 2. The molecule has 0 aliphatic heterocycles. The Morgan fingerprint density at radius 2 is 1.75 bits per heavy atom. The molecule has 0 amide bonds. The first-order valence-corrected chi connectivity index (χ1v) is 6.14. The van der Waals surface area contributed by atoms with E-state index in [1.54, 1.807) is 0 Å². The number of benzene rings is 1. The Labute approximate surface area is 98.9 Å². The highest BCUT2D eigenvalue weighted by Gasteiger charge is 2.11. The smallest absolute Gasteiger partial charge is 0.163 e. The summed E-state index contributed by atoms with van der Waals surface area (Å²) >= 11 is 0. The summed E-state index contributed by atoms with van der Waals surface area (Å²) in [5.41, 5.74) is 3.22. The largest absolute Gasteiger partial charge is 0.294 e. The minimum atomic E-state index is 0.285. The van der Waals surface area contributed by atoms with E-state index in [1.807, 2.05) is 26.0 Å². The Bertz CT molecular complexity index is 345. The van der Waals surface area contributed by atoms with E-state index >= 15 is 0 Å². The molecule has 0 fully saturated rings. The fourth-order valence-electron chi connectivity index (χ4n) is 2.16. The van der Waals surface area contributed by atoms with Crippen LogP contribution >= 0.6 is 0 Å². The van der Waals surface area contributed by atoms with Gasteiger partial charge in [0.2, 0.25) is 0 Å². The van der Waals surface area contributed by atoms with Crippen molar-refractivity contribution in [3.8, 4) is 0 Å². The molecular formula is C15H22O. The van der Waals surface area contributed by atoms with Crippen LogP contribution in [0.4, 0.5) is 0 Å². The molecule has 16 heavy (non-hydrogen) atoms. The summed E-state index contributed by atoms with van der Waals surface area (Å²) in [4.78, 5) is 12.0. The SMILES string of the molecule is CCCC(C)CC(=O)c1cc(C)cc(C)c1. The number of hydrogen-bond acceptors (Lipinski definition) is 1. The van der Waals surface area contributed by atoms with E-state index in [2.05, 4.69) is 19.9 Å². The maximum Gasteiger partial charge on any atom is 0.163 e. The lowest BCUT2D eigenvalue weighted by atomic mass is 9.94. The number of Topliss-reactive ketones (excluding diaryl/α,β-unsaturated/α-hetero) is 1. The summed E-state index contributed by atoms with van der Waals surface area (Å²) < 4.78 is 0. The first-order valence-electron chi connectivity index (χ1n) is 6.14. The van der Waals surface area contributed by atoms with Gasteiger partial charge in [-0.2, -0.15) is 0 Å².